The second kappa shape index (κ2) is 5.29. The van der Waals surface area contributed by atoms with E-state index in [0.29, 0.717) is 4.90 Å². The van der Waals surface area contributed by atoms with Crippen molar-refractivity contribution in [2.45, 2.75) is 52.3 Å². The Bertz CT molecular complexity index is 526. The molecule has 0 aromatic heterocycles. The third kappa shape index (κ3) is 2.80. The van der Waals surface area contributed by atoms with Gasteiger partial charge in [0.1, 0.15) is 0 Å². The molecule has 1 aliphatic rings. The standard InChI is InChI=1S/C12H21NO2/c1-4-6-10-7-12(15)13(8-10)11(5-2)9(3)14/h10-11H,4-8H2,1-3H3/t10-,11+/m1/s1/i4D2,5D2,6D2,10D,11D. The molecule has 1 rings (SSSR count). The molecule has 1 fully saturated rings. The van der Waals surface area contributed by atoms with E-state index in [1.54, 1.807) is 0 Å². The molecular formula is C12H21NO2. The number of carbonyl (C=O) groups excluding carboxylic acids is 2. The molecule has 3 heteroatoms. The van der Waals surface area contributed by atoms with Crippen LogP contribution >= 0.6 is 0 Å². The molecule has 1 saturated heterocycles. The largest absolute Gasteiger partial charge is 0.332 e. The Hall–Kier alpha value is -0.860. The number of likely N-dealkylation sites (tertiary alicyclic amines) is 1. The zero-order valence-electron chi connectivity index (χ0n) is 17.2. The highest BCUT2D eigenvalue weighted by Crippen LogP contribution is 2.25. The van der Waals surface area contributed by atoms with Crippen molar-refractivity contribution in [1.29, 1.82) is 0 Å². The fourth-order valence-corrected chi connectivity index (χ4v) is 1.58. The van der Waals surface area contributed by atoms with E-state index in [-0.39, 0.29) is 0 Å². The number of Topliss-reactive ketones (excluding diaryl/α,β-unsaturated/α-hetero) is 1. The number of rotatable bonds is 5. The molecule has 2 atom stereocenters. The zero-order valence-corrected chi connectivity index (χ0v) is 9.18. The molecule has 0 radical (unpaired) electrons. The van der Waals surface area contributed by atoms with Crippen LogP contribution in [-0.2, 0) is 9.59 Å². The molecule has 86 valence electrons. The Kier molecular flexibility index (Phi) is 1.76. The minimum atomic E-state index is -2.73. The summed E-state index contributed by atoms with van der Waals surface area (Å²) in [5.74, 6) is -4.08. The average molecular weight is 219 g/mol. The monoisotopic (exact) mass is 219 g/mol. The number of hydrogen-bond acceptors (Lipinski definition) is 2. The van der Waals surface area contributed by atoms with Crippen molar-refractivity contribution < 1.29 is 20.6 Å². The SMILES string of the molecule is [2H]C([2H])(C)C([2H])([2H])[C@]1([2H])CC(=O)N([C@]([2H])(C(C)=O)C([2H])([2H])C)C1. The fraction of sp³-hybridized carbons (Fsp3) is 0.833. The second-order valence-electron chi connectivity index (χ2n) is 3.29. The summed E-state index contributed by atoms with van der Waals surface area (Å²) >= 11 is 0. The maximum absolute atomic E-state index is 12.2. The summed E-state index contributed by atoms with van der Waals surface area (Å²) in [5, 5.41) is 0. The molecule has 3 nitrogen and oxygen atoms in total. The molecule has 0 N–H and O–H groups in total. The first-order valence-corrected chi connectivity index (χ1v) is 4.73. The first kappa shape index (κ1) is 4.98. The van der Waals surface area contributed by atoms with Crippen molar-refractivity contribution in [3.05, 3.63) is 0 Å². The minimum Gasteiger partial charge on any atom is -0.332 e. The molecule has 0 spiro atoms. The molecule has 1 aliphatic heterocycles. The minimum absolute atomic E-state index is 0.561. The van der Waals surface area contributed by atoms with E-state index in [1.165, 1.54) is 0 Å². The van der Waals surface area contributed by atoms with Crippen molar-refractivity contribution in [3.63, 3.8) is 0 Å². The summed E-state index contributed by atoms with van der Waals surface area (Å²) in [4.78, 5) is 24.7. The van der Waals surface area contributed by atoms with E-state index in [1.807, 2.05) is 0 Å². The number of hydrogen-bond donors (Lipinski definition) is 0. The molecule has 1 heterocycles. The highest BCUT2D eigenvalue weighted by atomic mass is 16.2. The van der Waals surface area contributed by atoms with Gasteiger partial charge < -0.3 is 4.90 Å². The molecule has 1 amide bonds. The average Bonchev–Trinajstić information content (AvgIpc) is 2.62. The van der Waals surface area contributed by atoms with E-state index in [0.717, 1.165) is 20.8 Å². The van der Waals surface area contributed by atoms with Gasteiger partial charge in [0.15, 0.2) is 5.78 Å². The summed E-state index contributed by atoms with van der Waals surface area (Å²) < 4.78 is 62.8. The van der Waals surface area contributed by atoms with Gasteiger partial charge in [-0.2, -0.15) is 0 Å². The summed E-state index contributed by atoms with van der Waals surface area (Å²) in [6.45, 7) is 2.14. The lowest BCUT2D eigenvalue weighted by atomic mass is 10.0. The van der Waals surface area contributed by atoms with Gasteiger partial charge in [0.05, 0.1) is 7.39 Å². The van der Waals surface area contributed by atoms with Crippen LogP contribution in [0.25, 0.3) is 0 Å². The highest BCUT2D eigenvalue weighted by molar-refractivity contribution is 5.88. The van der Waals surface area contributed by atoms with Crippen LogP contribution in [0.3, 0.4) is 0 Å². The topological polar surface area (TPSA) is 37.4 Å². The van der Waals surface area contributed by atoms with Crippen LogP contribution in [0.4, 0.5) is 0 Å². The summed E-state index contributed by atoms with van der Waals surface area (Å²) in [6, 6.07) is -2.59. The second-order valence-corrected chi connectivity index (χ2v) is 3.29. The van der Waals surface area contributed by atoms with Crippen LogP contribution in [-0.4, -0.2) is 29.2 Å². The quantitative estimate of drug-likeness (QED) is 0.709. The van der Waals surface area contributed by atoms with E-state index in [9.17, 15) is 9.59 Å². The Morgan fingerprint density at radius 3 is 2.93 bits per heavy atom. The normalized spacial score (nSPS) is 41.0. The van der Waals surface area contributed by atoms with Crippen molar-refractivity contribution >= 4 is 11.7 Å². The molecule has 0 aromatic carbocycles. The molecule has 0 bridgehead atoms. The van der Waals surface area contributed by atoms with E-state index in [2.05, 4.69) is 0 Å². The first-order chi connectivity index (χ1) is 9.92. The van der Waals surface area contributed by atoms with Crippen molar-refractivity contribution in [2.24, 2.45) is 5.89 Å². The lowest BCUT2D eigenvalue weighted by Gasteiger charge is -2.24. The van der Waals surface area contributed by atoms with E-state index in [4.69, 9.17) is 11.0 Å². The number of ketones is 1. The Labute approximate surface area is 103 Å². The van der Waals surface area contributed by atoms with Gasteiger partial charge in [0.2, 0.25) is 5.91 Å². The van der Waals surface area contributed by atoms with Crippen LogP contribution in [0.15, 0.2) is 0 Å². The lowest BCUT2D eigenvalue weighted by molar-refractivity contribution is -0.135. The van der Waals surface area contributed by atoms with Crippen molar-refractivity contribution in [3.8, 4) is 0 Å². The number of amides is 1. The molecule has 0 aromatic rings. The maximum Gasteiger partial charge on any atom is 0.223 e. The van der Waals surface area contributed by atoms with Crippen LogP contribution in [0.1, 0.15) is 57.3 Å². The van der Waals surface area contributed by atoms with Gasteiger partial charge in [-0.05, 0) is 25.6 Å². The van der Waals surface area contributed by atoms with Crippen molar-refractivity contribution in [1.82, 2.24) is 4.90 Å². The summed E-state index contributed by atoms with van der Waals surface area (Å²) in [7, 11) is 0. The molecule has 0 saturated carbocycles. The zero-order chi connectivity index (χ0) is 18.6. The first-order valence-electron chi connectivity index (χ1n) is 8.73. The summed E-state index contributed by atoms with van der Waals surface area (Å²) in [6.07, 6.45) is -8.32. The number of nitrogens with zero attached hydrogens (tertiary/aromatic N) is 1. The third-order valence-electron chi connectivity index (χ3n) is 2.16. The lowest BCUT2D eigenvalue weighted by Crippen LogP contribution is -2.40. The van der Waals surface area contributed by atoms with E-state index < -0.39 is 55.7 Å². The Morgan fingerprint density at radius 2 is 2.47 bits per heavy atom. The molecule has 0 aliphatic carbocycles. The predicted molar refractivity (Wildman–Crippen MR) is 59.5 cm³/mol. The van der Waals surface area contributed by atoms with E-state index >= 15 is 0 Å². The van der Waals surface area contributed by atoms with Crippen molar-refractivity contribution in [2.75, 3.05) is 6.54 Å². The molecule has 0 unspecified atom stereocenters. The Morgan fingerprint density at radius 1 is 1.80 bits per heavy atom. The van der Waals surface area contributed by atoms with Gasteiger partial charge in [-0.25, -0.2) is 0 Å². The smallest absolute Gasteiger partial charge is 0.223 e. The van der Waals surface area contributed by atoms with Crippen LogP contribution in [0, 0.1) is 5.89 Å². The third-order valence-corrected chi connectivity index (χ3v) is 2.16. The maximum atomic E-state index is 12.2. The predicted octanol–water partition coefficient (Wildman–Crippen LogP) is 2.00. The van der Waals surface area contributed by atoms with Gasteiger partial charge in [0.25, 0.3) is 0 Å². The number of carbonyl (C=O) groups is 2. The van der Waals surface area contributed by atoms with Gasteiger partial charge in [0, 0.05) is 22.6 Å². The van der Waals surface area contributed by atoms with Gasteiger partial charge in [-0.1, -0.05) is 20.2 Å². The molecule has 15 heavy (non-hydrogen) atoms. The van der Waals surface area contributed by atoms with Gasteiger partial charge in [-0.15, -0.1) is 0 Å². The Balaban J connectivity index is 3.37. The molecular weight excluding hydrogens is 190 g/mol. The van der Waals surface area contributed by atoms with Crippen LogP contribution in [0.2, 0.25) is 0 Å². The summed E-state index contributed by atoms with van der Waals surface area (Å²) in [5.41, 5.74) is 0. The highest BCUT2D eigenvalue weighted by Gasteiger charge is 2.34. The van der Waals surface area contributed by atoms with Crippen LogP contribution in [0.5, 0.6) is 0 Å². The fourth-order valence-electron chi connectivity index (χ4n) is 1.58. The van der Waals surface area contributed by atoms with Crippen LogP contribution < -0.4 is 0 Å². The van der Waals surface area contributed by atoms with Gasteiger partial charge >= 0.3 is 0 Å². The van der Waals surface area contributed by atoms with Gasteiger partial charge in [-0.3, -0.25) is 9.59 Å².